The predicted molar refractivity (Wildman–Crippen MR) is 121 cm³/mol. The molecule has 2 atom stereocenters. The van der Waals surface area contributed by atoms with Crippen LogP contribution in [0.2, 0.25) is 0 Å². The molecule has 170 valence electrons. The number of nitrogens with zero attached hydrogens (tertiary/aromatic N) is 1. The molecule has 4 rings (SSSR count). The van der Waals surface area contributed by atoms with Gasteiger partial charge in [-0.1, -0.05) is 48.0 Å². The summed E-state index contributed by atoms with van der Waals surface area (Å²) >= 11 is 0. The minimum atomic E-state index is -0.697. The Hall–Kier alpha value is -3.87. The Morgan fingerprint density at radius 2 is 1.79 bits per heavy atom. The summed E-state index contributed by atoms with van der Waals surface area (Å²) in [5, 5.41) is 2.82. The maximum atomic E-state index is 12.8. The number of amides is 2. The van der Waals surface area contributed by atoms with Gasteiger partial charge in [0.25, 0.3) is 5.91 Å². The molecule has 7 heteroatoms. The fourth-order valence-electron chi connectivity index (χ4n) is 3.87. The van der Waals surface area contributed by atoms with Crippen LogP contribution in [0, 0.1) is 6.92 Å². The minimum Gasteiger partial charge on any atom is -0.469 e. The number of nitrogens with one attached hydrogen (secondary N) is 1. The highest BCUT2D eigenvalue weighted by Gasteiger charge is 2.48. The Kier molecular flexibility index (Phi) is 6.88. The molecule has 33 heavy (non-hydrogen) atoms. The van der Waals surface area contributed by atoms with E-state index in [1.165, 1.54) is 4.90 Å². The molecule has 1 aromatic heterocycles. The zero-order valence-corrected chi connectivity index (χ0v) is 18.4. The summed E-state index contributed by atoms with van der Waals surface area (Å²) in [4.78, 5) is 39.3. The fraction of sp³-hybridized carbons (Fsp3) is 0.269. The lowest BCUT2D eigenvalue weighted by Crippen LogP contribution is -2.71. The van der Waals surface area contributed by atoms with Crippen molar-refractivity contribution in [1.82, 2.24) is 10.2 Å². The molecule has 0 radical (unpaired) electrons. The number of hydrogen-bond acceptors (Lipinski definition) is 5. The lowest BCUT2D eigenvalue weighted by Gasteiger charge is -2.46. The van der Waals surface area contributed by atoms with E-state index in [1.807, 2.05) is 43.3 Å². The first-order valence-electron chi connectivity index (χ1n) is 10.9. The molecule has 1 aliphatic heterocycles. The van der Waals surface area contributed by atoms with Crippen molar-refractivity contribution in [1.29, 1.82) is 0 Å². The largest absolute Gasteiger partial charge is 0.469 e. The number of esters is 1. The van der Waals surface area contributed by atoms with Gasteiger partial charge < -0.3 is 19.4 Å². The average Bonchev–Trinajstić information content (AvgIpc) is 3.36. The lowest BCUT2D eigenvalue weighted by atomic mass is 9.90. The molecule has 2 heterocycles. The number of aryl methyl sites for hydroxylation is 2. The molecule has 7 nitrogen and oxygen atoms in total. The molecule has 1 fully saturated rings. The second-order valence-corrected chi connectivity index (χ2v) is 8.11. The Morgan fingerprint density at radius 1 is 1.03 bits per heavy atom. The number of likely N-dealkylation sites (tertiary alicyclic amines) is 1. The van der Waals surface area contributed by atoms with E-state index in [1.54, 1.807) is 36.6 Å². The van der Waals surface area contributed by atoms with Crippen molar-refractivity contribution in [2.75, 3.05) is 6.54 Å². The molecule has 0 unspecified atom stereocenters. The van der Waals surface area contributed by atoms with Crippen LogP contribution in [0.4, 0.5) is 0 Å². The van der Waals surface area contributed by atoms with Crippen LogP contribution < -0.4 is 5.32 Å². The molecule has 0 spiro atoms. The third-order valence-electron chi connectivity index (χ3n) is 5.74. The number of carbonyl (C=O) groups is 3. The smallest absolute Gasteiger partial charge is 0.325 e. The van der Waals surface area contributed by atoms with E-state index in [0.29, 0.717) is 18.4 Å². The Bertz CT molecular complexity index is 1090. The monoisotopic (exact) mass is 446 g/mol. The number of rotatable bonds is 9. The van der Waals surface area contributed by atoms with Gasteiger partial charge in [0.05, 0.1) is 12.3 Å². The summed E-state index contributed by atoms with van der Waals surface area (Å²) in [7, 11) is 0. The van der Waals surface area contributed by atoms with E-state index in [9.17, 15) is 14.4 Å². The standard InChI is InChI=1S/C26H26N2O5/c1-18-9-11-19(12-10-18)17-33-23(29)16-28-22(14-13-21-8-5-15-32-21)24(26(28)31)27-25(30)20-6-3-2-4-7-20/h2-12,15,22,24H,13-14,16-17H2,1H3,(H,27,30)/t22-,24+/m1/s1. The van der Waals surface area contributed by atoms with Gasteiger partial charge in [-0.15, -0.1) is 0 Å². The van der Waals surface area contributed by atoms with Crippen LogP contribution in [-0.2, 0) is 27.4 Å². The molecule has 1 saturated heterocycles. The highest BCUT2D eigenvalue weighted by atomic mass is 16.5. The molecular formula is C26H26N2O5. The van der Waals surface area contributed by atoms with Crippen LogP contribution in [0.5, 0.6) is 0 Å². The molecule has 0 bridgehead atoms. The maximum Gasteiger partial charge on any atom is 0.325 e. The summed E-state index contributed by atoms with van der Waals surface area (Å²) < 4.78 is 10.8. The van der Waals surface area contributed by atoms with Crippen molar-refractivity contribution in [3.8, 4) is 0 Å². The van der Waals surface area contributed by atoms with Crippen molar-refractivity contribution in [2.24, 2.45) is 0 Å². The topological polar surface area (TPSA) is 88.9 Å². The van der Waals surface area contributed by atoms with Crippen LogP contribution in [-0.4, -0.2) is 41.3 Å². The highest BCUT2D eigenvalue weighted by Crippen LogP contribution is 2.25. The van der Waals surface area contributed by atoms with Gasteiger partial charge in [0.15, 0.2) is 0 Å². The van der Waals surface area contributed by atoms with Crippen molar-refractivity contribution in [2.45, 2.75) is 38.5 Å². The van der Waals surface area contributed by atoms with Gasteiger partial charge in [-0.3, -0.25) is 14.4 Å². The minimum absolute atomic E-state index is 0.145. The first-order valence-corrected chi connectivity index (χ1v) is 10.9. The normalized spacial score (nSPS) is 17.4. The van der Waals surface area contributed by atoms with E-state index in [-0.39, 0.29) is 31.0 Å². The Balaban J connectivity index is 1.38. The van der Waals surface area contributed by atoms with Gasteiger partial charge in [0.1, 0.15) is 25.0 Å². The van der Waals surface area contributed by atoms with Gasteiger partial charge in [-0.25, -0.2) is 0 Å². The fourth-order valence-corrected chi connectivity index (χ4v) is 3.87. The molecule has 2 aromatic carbocycles. The zero-order chi connectivity index (χ0) is 23.2. The van der Waals surface area contributed by atoms with E-state index in [2.05, 4.69) is 5.32 Å². The number of β-lactam (4-membered cyclic amide) rings is 1. The molecule has 1 N–H and O–H groups in total. The number of carbonyl (C=O) groups excluding carboxylic acids is 3. The summed E-state index contributed by atoms with van der Waals surface area (Å²) in [6.07, 6.45) is 2.72. The van der Waals surface area contributed by atoms with E-state index < -0.39 is 12.0 Å². The van der Waals surface area contributed by atoms with Gasteiger partial charge in [0, 0.05) is 12.0 Å². The predicted octanol–water partition coefficient (Wildman–Crippen LogP) is 3.27. The lowest BCUT2D eigenvalue weighted by molar-refractivity contribution is -0.161. The van der Waals surface area contributed by atoms with Gasteiger partial charge >= 0.3 is 5.97 Å². The van der Waals surface area contributed by atoms with Crippen molar-refractivity contribution >= 4 is 17.8 Å². The SMILES string of the molecule is Cc1ccc(COC(=O)CN2C(=O)[C@@H](NC(=O)c3ccccc3)[C@H]2CCc2ccco2)cc1. The summed E-state index contributed by atoms with van der Waals surface area (Å²) in [5.41, 5.74) is 2.48. The first-order chi connectivity index (χ1) is 16.0. The van der Waals surface area contributed by atoms with Crippen LogP contribution in [0.25, 0.3) is 0 Å². The molecule has 0 saturated carbocycles. The van der Waals surface area contributed by atoms with Crippen LogP contribution in [0.15, 0.2) is 77.4 Å². The summed E-state index contributed by atoms with van der Waals surface area (Å²) in [6, 6.07) is 19.1. The second-order valence-electron chi connectivity index (χ2n) is 8.11. The van der Waals surface area contributed by atoms with Gasteiger partial charge in [-0.05, 0) is 43.2 Å². The molecular weight excluding hydrogens is 420 g/mol. The van der Waals surface area contributed by atoms with E-state index >= 15 is 0 Å². The van der Waals surface area contributed by atoms with Crippen LogP contribution in [0.3, 0.4) is 0 Å². The van der Waals surface area contributed by atoms with E-state index in [4.69, 9.17) is 9.15 Å². The Morgan fingerprint density at radius 3 is 2.48 bits per heavy atom. The Labute approximate surface area is 192 Å². The summed E-state index contributed by atoms with van der Waals surface area (Å²) in [6.45, 7) is 1.97. The summed E-state index contributed by atoms with van der Waals surface area (Å²) in [5.74, 6) is -0.321. The average molecular weight is 447 g/mol. The van der Waals surface area contributed by atoms with Crippen molar-refractivity contribution < 1.29 is 23.5 Å². The maximum absolute atomic E-state index is 12.8. The second kappa shape index (κ2) is 10.2. The molecule has 2 amide bonds. The van der Waals surface area contributed by atoms with Gasteiger partial charge in [-0.2, -0.15) is 0 Å². The number of ether oxygens (including phenoxy) is 1. The highest BCUT2D eigenvalue weighted by molar-refractivity contribution is 6.00. The van der Waals surface area contributed by atoms with Crippen molar-refractivity contribution in [3.05, 3.63) is 95.4 Å². The number of benzene rings is 2. The van der Waals surface area contributed by atoms with Crippen molar-refractivity contribution in [3.63, 3.8) is 0 Å². The van der Waals surface area contributed by atoms with Crippen LogP contribution in [0.1, 0.15) is 33.7 Å². The van der Waals surface area contributed by atoms with Gasteiger partial charge in [0.2, 0.25) is 5.91 Å². The molecule has 1 aliphatic rings. The quantitative estimate of drug-likeness (QED) is 0.403. The van der Waals surface area contributed by atoms with E-state index in [0.717, 1.165) is 16.9 Å². The molecule has 0 aliphatic carbocycles. The number of hydrogen-bond donors (Lipinski definition) is 1. The zero-order valence-electron chi connectivity index (χ0n) is 18.4. The molecule has 3 aromatic rings. The number of furan rings is 1. The first kappa shape index (κ1) is 22.3. The third-order valence-corrected chi connectivity index (χ3v) is 5.74. The third kappa shape index (κ3) is 5.49. The van der Waals surface area contributed by atoms with Crippen LogP contribution >= 0.6 is 0 Å².